The van der Waals surface area contributed by atoms with Gasteiger partial charge in [0.25, 0.3) is 5.91 Å². The number of hydrogen-bond acceptors (Lipinski definition) is 4. The number of benzene rings is 1. The lowest BCUT2D eigenvalue weighted by molar-refractivity contribution is -0.119. The van der Waals surface area contributed by atoms with Gasteiger partial charge in [0.1, 0.15) is 0 Å². The first kappa shape index (κ1) is 15.0. The van der Waals surface area contributed by atoms with Crippen LogP contribution in [0.4, 0.5) is 0 Å². The van der Waals surface area contributed by atoms with Crippen LogP contribution in [0.1, 0.15) is 22.3 Å². The predicted molar refractivity (Wildman–Crippen MR) is 80.4 cm³/mol. The molecule has 0 unspecified atom stereocenters. The second-order valence-electron chi connectivity index (χ2n) is 5.68. The molecule has 0 spiro atoms. The molecule has 1 aromatic rings. The van der Waals surface area contributed by atoms with Crippen molar-refractivity contribution >= 4 is 22.2 Å². The summed E-state index contributed by atoms with van der Waals surface area (Å²) in [5.74, 6) is 0.0809. The Morgan fingerprint density at radius 1 is 1.14 bits per heavy atom. The summed E-state index contributed by atoms with van der Waals surface area (Å²) in [6.45, 7) is 2.09. The van der Waals surface area contributed by atoms with Gasteiger partial charge >= 0.3 is 0 Å². The highest BCUT2D eigenvalue weighted by molar-refractivity contribution is 7.91. The largest absolute Gasteiger partial charge is 0.342 e. The maximum absolute atomic E-state index is 12.5. The first-order chi connectivity index (χ1) is 10.5. The number of rotatable bonds is 2. The number of piperazine rings is 1. The van der Waals surface area contributed by atoms with Crippen molar-refractivity contribution < 1.29 is 18.0 Å². The minimum absolute atomic E-state index is 0.101. The zero-order valence-corrected chi connectivity index (χ0v) is 13.0. The van der Waals surface area contributed by atoms with Crippen molar-refractivity contribution in [3.8, 4) is 0 Å². The number of fused-ring (bicyclic) bond motifs is 1. The van der Waals surface area contributed by atoms with E-state index in [1.54, 1.807) is 28.0 Å². The Balaban J connectivity index is 1.81. The van der Waals surface area contributed by atoms with Crippen molar-refractivity contribution in [1.82, 2.24) is 9.80 Å². The summed E-state index contributed by atoms with van der Waals surface area (Å²) in [6, 6.07) is 4.86. The van der Waals surface area contributed by atoms with Crippen LogP contribution in [-0.4, -0.2) is 62.5 Å². The van der Waals surface area contributed by atoms with Gasteiger partial charge in [-0.05, 0) is 36.6 Å². The van der Waals surface area contributed by atoms with E-state index < -0.39 is 9.84 Å². The molecule has 1 saturated heterocycles. The lowest BCUT2D eigenvalue weighted by Crippen LogP contribution is -2.48. The van der Waals surface area contributed by atoms with Gasteiger partial charge < -0.3 is 9.80 Å². The molecule has 0 bridgehead atoms. The Morgan fingerprint density at radius 3 is 2.55 bits per heavy atom. The van der Waals surface area contributed by atoms with E-state index in [-0.39, 0.29) is 11.7 Å². The topological polar surface area (TPSA) is 74.8 Å². The molecule has 2 aliphatic rings. The molecule has 0 atom stereocenters. The fraction of sp³-hybridized carbons (Fsp3) is 0.467. The fourth-order valence-corrected chi connectivity index (χ4v) is 4.57. The van der Waals surface area contributed by atoms with Crippen LogP contribution in [-0.2, 0) is 21.1 Å². The van der Waals surface area contributed by atoms with E-state index in [1.165, 1.54) is 0 Å². The molecule has 1 aromatic carbocycles. The van der Waals surface area contributed by atoms with Crippen LogP contribution in [0.25, 0.3) is 0 Å². The number of carbonyl (C=O) groups excluding carboxylic acids is 2. The van der Waals surface area contributed by atoms with E-state index in [2.05, 4.69) is 0 Å². The molecule has 2 aliphatic heterocycles. The molecular weight excluding hydrogens is 304 g/mol. The van der Waals surface area contributed by atoms with E-state index in [0.29, 0.717) is 49.5 Å². The van der Waals surface area contributed by atoms with E-state index in [1.807, 2.05) is 0 Å². The average Bonchev–Trinajstić information content (AvgIpc) is 2.53. The molecule has 2 amide bonds. The van der Waals surface area contributed by atoms with Crippen LogP contribution in [0, 0.1) is 0 Å². The molecule has 118 valence electrons. The van der Waals surface area contributed by atoms with Gasteiger partial charge in [-0.2, -0.15) is 0 Å². The molecule has 22 heavy (non-hydrogen) atoms. The highest BCUT2D eigenvalue weighted by Crippen LogP contribution is 2.26. The lowest BCUT2D eigenvalue weighted by Gasteiger charge is -2.32. The van der Waals surface area contributed by atoms with Crippen molar-refractivity contribution in [2.75, 3.05) is 31.9 Å². The number of aryl methyl sites for hydroxylation is 1. The van der Waals surface area contributed by atoms with Crippen LogP contribution in [0.2, 0.25) is 0 Å². The molecule has 6 nitrogen and oxygen atoms in total. The van der Waals surface area contributed by atoms with E-state index in [0.717, 1.165) is 12.0 Å². The Kier molecular flexibility index (Phi) is 3.90. The van der Waals surface area contributed by atoms with Gasteiger partial charge in [0.15, 0.2) is 9.84 Å². The van der Waals surface area contributed by atoms with Crippen molar-refractivity contribution in [3.05, 3.63) is 29.3 Å². The first-order valence-corrected chi connectivity index (χ1v) is 9.01. The summed E-state index contributed by atoms with van der Waals surface area (Å²) >= 11 is 0. The van der Waals surface area contributed by atoms with Gasteiger partial charge in [0.2, 0.25) is 6.41 Å². The number of hydrogen-bond donors (Lipinski definition) is 0. The molecule has 0 radical (unpaired) electrons. The maximum atomic E-state index is 12.5. The maximum Gasteiger partial charge on any atom is 0.253 e. The van der Waals surface area contributed by atoms with Crippen LogP contribution in [0.3, 0.4) is 0 Å². The zero-order valence-electron chi connectivity index (χ0n) is 12.2. The summed E-state index contributed by atoms with van der Waals surface area (Å²) < 4.78 is 24.0. The normalized spacial score (nSPS) is 20.4. The van der Waals surface area contributed by atoms with Gasteiger partial charge in [0.05, 0.1) is 10.6 Å². The quantitative estimate of drug-likeness (QED) is 0.735. The van der Waals surface area contributed by atoms with Gasteiger partial charge in [0, 0.05) is 31.7 Å². The predicted octanol–water partition coefficient (Wildman–Crippen LogP) is 0.321. The molecule has 0 aromatic heterocycles. The second-order valence-corrected chi connectivity index (χ2v) is 7.76. The molecule has 0 saturated carbocycles. The lowest BCUT2D eigenvalue weighted by atomic mass is 10.1. The number of nitrogens with zero attached hydrogens (tertiary/aromatic N) is 2. The number of amides is 2. The molecular formula is C15H18N2O4S. The van der Waals surface area contributed by atoms with Gasteiger partial charge in [-0.25, -0.2) is 8.42 Å². The summed E-state index contributed by atoms with van der Waals surface area (Å²) in [5, 5.41) is 0. The van der Waals surface area contributed by atoms with E-state index in [4.69, 9.17) is 0 Å². The van der Waals surface area contributed by atoms with Crippen LogP contribution >= 0.6 is 0 Å². The molecule has 7 heteroatoms. The van der Waals surface area contributed by atoms with Crippen LogP contribution in [0.15, 0.2) is 23.1 Å². The highest BCUT2D eigenvalue weighted by atomic mass is 32.2. The molecule has 2 heterocycles. The molecule has 1 fully saturated rings. The Morgan fingerprint density at radius 2 is 1.86 bits per heavy atom. The Labute approximate surface area is 129 Å². The standard InChI is InChI=1S/C15H18N2O4S/c18-11-16-5-7-17(8-6-16)15(19)13-3-4-14-12(10-13)2-1-9-22(14,20)21/h3-4,10-11H,1-2,5-9H2. The van der Waals surface area contributed by atoms with E-state index in [9.17, 15) is 18.0 Å². The minimum Gasteiger partial charge on any atom is -0.342 e. The van der Waals surface area contributed by atoms with Crippen molar-refractivity contribution in [2.24, 2.45) is 0 Å². The Hall–Kier alpha value is -1.89. The van der Waals surface area contributed by atoms with Crippen molar-refractivity contribution in [2.45, 2.75) is 17.7 Å². The van der Waals surface area contributed by atoms with Crippen molar-refractivity contribution in [1.29, 1.82) is 0 Å². The minimum atomic E-state index is -3.19. The van der Waals surface area contributed by atoms with Gasteiger partial charge in [-0.1, -0.05) is 0 Å². The SMILES string of the molecule is O=CN1CCN(C(=O)c2ccc3c(c2)CCCS3(=O)=O)CC1. The monoisotopic (exact) mass is 322 g/mol. The summed E-state index contributed by atoms with van der Waals surface area (Å²) in [6.07, 6.45) is 2.09. The van der Waals surface area contributed by atoms with Crippen LogP contribution < -0.4 is 0 Å². The average molecular weight is 322 g/mol. The van der Waals surface area contributed by atoms with E-state index >= 15 is 0 Å². The summed E-state index contributed by atoms with van der Waals surface area (Å²) in [5.41, 5.74) is 1.26. The highest BCUT2D eigenvalue weighted by Gasteiger charge is 2.26. The zero-order chi connectivity index (χ0) is 15.7. The summed E-state index contributed by atoms with van der Waals surface area (Å²) in [7, 11) is -3.19. The van der Waals surface area contributed by atoms with Gasteiger partial charge in [-0.15, -0.1) is 0 Å². The molecule has 0 aliphatic carbocycles. The van der Waals surface area contributed by atoms with Crippen LogP contribution in [0.5, 0.6) is 0 Å². The summed E-state index contributed by atoms with van der Waals surface area (Å²) in [4.78, 5) is 26.9. The Bertz CT molecular complexity index is 706. The fourth-order valence-electron chi connectivity index (χ4n) is 2.99. The smallest absolute Gasteiger partial charge is 0.253 e. The second kappa shape index (κ2) is 5.72. The van der Waals surface area contributed by atoms with Gasteiger partial charge in [-0.3, -0.25) is 9.59 Å². The van der Waals surface area contributed by atoms with Crippen molar-refractivity contribution in [3.63, 3.8) is 0 Å². The molecule has 3 rings (SSSR count). The third-order valence-corrected chi connectivity index (χ3v) is 6.15. The number of sulfone groups is 1. The third-order valence-electron chi connectivity index (χ3n) is 4.25. The number of carbonyl (C=O) groups is 2. The first-order valence-electron chi connectivity index (χ1n) is 7.35. The molecule has 0 N–H and O–H groups in total. The third kappa shape index (κ3) is 2.72.